The van der Waals surface area contributed by atoms with Crippen LogP contribution in [0.15, 0.2) is 21.4 Å². The van der Waals surface area contributed by atoms with Crippen LogP contribution in [0.5, 0.6) is 0 Å². The van der Waals surface area contributed by atoms with Crippen LogP contribution >= 0.6 is 0 Å². The van der Waals surface area contributed by atoms with Crippen LogP contribution in [-0.2, 0) is 17.6 Å². The van der Waals surface area contributed by atoms with Crippen LogP contribution in [0.2, 0.25) is 0 Å². The summed E-state index contributed by atoms with van der Waals surface area (Å²) < 4.78 is 15.9. The molecule has 22 heavy (non-hydrogen) atoms. The molecule has 2 atom stereocenters. The van der Waals surface area contributed by atoms with Crippen molar-refractivity contribution < 1.29 is 18.5 Å². The summed E-state index contributed by atoms with van der Waals surface area (Å²) in [5.74, 6) is 1.34. The van der Waals surface area contributed by atoms with Gasteiger partial charge in [-0.25, -0.2) is 4.98 Å². The van der Waals surface area contributed by atoms with E-state index in [0.29, 0.717) is 37.5 Å². The van der Waals surface area contributed by atoms with Crippen LogP contribution in [0.3, 0.4) is 0 Å². The van der Waals surface area contributed by atoms with Crippen LogP contribution < -0.4 is 5.32 Å². The first-order chi connectivity index (χ1) is 10.7. The Kier molecular flexibility index (Phi) is 4.24. The van der Waals surface area contributed by atoms with Crippen molar-refractivity contribution in [2.75, 3.05) is 13.2 Å². The van der Waals surface area contributed by atoms with Gasteiger partial charge in [0.15, 0.2) is 12.1 Å². The van der Waals surface area contributed by atoms with Gasteiger partial charge in [0.2, 0.25) is 0 Å². The Morgan fingerprint density at radius 1 is 1.45 bits per heavy atom. The molecule has 1 aliphatic rings. The molecule has 3 heterocycles. The van der Waals surface area contributed by atoms with Gasteiger partial charge in [-0.15, -0.1) is 0 Å². The molecule has 2 aromatic rings. The zero-order valence-electron chi connectivity index (χ0n) is 12.7. The first-order valence-electron chi connectivity index (χ1n) is 7.40. The summed E-state index contributed by atoms with van der Waals surface area (Å²) in [5.41, 5.74) is 1.20. The molecule has 7 nitrogen and oxygen atoms in total. The van der Waals surface area contributed by atoms with E-state index in [1.807, 2.05) is 19.9 Å². The van der Waals surface area contributed by atoms with Gasteiger partial charge in [0.1, 0.15) is 11.5 Å². The summed E-state index contributed by atoms with van der Waals surface area (Å²) in [7, 11) is 0. The molecule has 1 amide bonds. The highest BCUT2D eigenvalue weighted by Crippen LogP contribution is 2.20. The summed E-state index contributed by atoms with van der Waals surface area (Å²) in [6, 6.07) is 1.84. The van der Waals surface area contributed by atoms with Gasteiger partial charge in [-0.3, -0.25) is 4.79 Å². The number of aromatic nitrogens is 2. The van der Waals surface area contributed by atoms with E-state index in [9.17, 15) is 4.79 Å². The van der Waals surface area contributed by atoms with Crippen LogP contribution in [0.25, 0.3) is 0 Å². The maximum atomic E-state index is 12.3. The van der Waals surface area contributed by atoms with E-state index in [1.165, 1.54) is 6.39 Å². The van der Waals surface area contributed by atoms with Crippen molar-refractivity contribution in [3.05, 3.63) is 35.4 Å². The number of nitrogens with zero attached hydrogens (tertiary/aromatic N) is 2. The highest BCUT2D eigenvalue weighted by molar-refractivity contribution is 5.93. The molecule has 2 aromatic heterocycles. The van der Waals surface area contributed by atoms with Crippen molar-refractivity contribution >= 4 is 5.91 Å². The van der Waals surface area contributed by atoms with Crippen molar-refractivity contribution in [1.82, 2.24) is 15.5 Å². The number of rotatable bonds is 5. The predicted octanol–water partition coefficient (Wildman–Crippen LogP) is 1.52. The lowest BCUT2D eigenvalue weighted by Gasteiger charge is -2.17. The van der Waals surface area contributed by atoms with E-state index < -0.39 is 0 Å². The number of hydrogen-bond acceptors (Lipinski definition) is 6. The molecule has 3 rings (SSSR count). The monoisotopic (exact) mass is 305 g/mol. The lowest BCUT2D eigenvalue weighted by Crippen LogP contribution is -2.41. The van der Waals surface area contributed by atoms with Crippen molar-refractivity contribution in [2.24, 2.45) is 5.92 Å². The first-order valence-corrected chi connectivity index (χ1v) is 7.40. The minimum Gasteiger partial charge on any atom is -0.448 e. The number of nitrogens with one attached hydrogen (secondary N) is 1. The average Bonchev–Trinajstić information content (AvgIpc) is 3.21. The van der Waals surface area contributed by atoms with E-state index in [4.69, 9.17) is 13.7 Å². The highest BCUT2D eigenvalue weighted by atomic mass is 16.5. The van der Waals surface area contributed by atoms with Gasteiger partial charge in [0.05, 0.1) is 24.9 Å². The Bertz CT molecular complexity index is 649. The summed E-state index contributed by atoms with van der Waals surface area (Å²) >= 11 is 0. The second-order valence-corrected chi connectivity index (χ2v) is 5.49. The number of oxazole rings is 1. The summed E-state index contributed by atoms with van der Waals surface area (Å²) in [6.07, 6.45) is 2.61. The molecule has 118 valence electrons. The fraction of sp³-hybridized carbons (Fsp3) is 0.533. The number of amides is 1. The molecule has 0 aromatic carbocycles. The maximum absolute atomic E-state index is 12.3. The quantitative estimate of drug-likeness (QED) is 0.900. The van der Waals surface area contributed by atoms with Gasteiger partial charge in [0.25, 0.3) is 5.91 Å². The summed E-state index contributed by atoms with van der Waals surface area (Å²) in [6.45, 7) is 4.88. The van der Waals surface area contributed by atoms with Crippen molar-refractivity contribution in [2.45, 2.75) is 32.7 Å². The standard InChI is InChI=1S/C15H19N3O4/c1-3-13-14(16-8-21-13)15(19)17-12-7-20-6-10(12)5-11-4-9(2)18-22-11/h4,8,10,12H,3,5-7H2,1-2H3,(H,17,19). The third-order valence-corrected chi connectivity index (χ3v) is 3.83. The number of carbonyl (C=O) groups is 1. The smallest absolute Gasteiger partial charge is 0.273 e. The molecule has 7 heteroatoms. The van der Waals surface area contributed by atoms with Crippen LogP contribution in [0.4, 0.5) is 0 Å². The molecule has 0 saturated carbocycles. The van der Waals surface area contributed by atoms with Gasteiger partial charge < -0.3 is 19.0 Å². The molecule has 0 radical (unpaired) electrons. The van der Waals surface area contributed by atoms with Gasteiger partial charge >= 0.3 is 0 Å². The molecule has 1 fully saturated rings. The SMILES string of the molecule is CCc1ocnc1C(=O)NC1COCC1Cc1cc(C)no1. The Morgan fingerprint density at radius 2 is 2.32 bits per heavy atom. The topological polar surface area (TPSA) is 90.4 Å². The van der Waals surface area contributed by atoms with Crippen molar-refractivity contribution in [3.8, 4) is 0 Å². The minimum atomic E-state index is -0.222. The average molecular weight is 305 g/mol. The zero-order chi connectivity index (χ0) is 15.5. The number of hydrogen-bond donors (Lipinski definition) is 1. The second kappa shape index (κ2) is 6.31. The van der Waals surface area contributed by atoms with Gasteiger partial charge in [-0.1, -0.05) is 12.1 Å². The van der Waals surface area contributed by atoms with E-state index in [0.717, 1.165) is 11.5 Å². The normalized spacial score (nSPS) is 21.2. The summed E-state index contributed by atoms with van der Waals surface area (Å²) in [4.78, 5) is 16.3. The lowest BCUT2D eigenvalue weighted by molar-refractivity contribution is 0.0918. The van der Waals surface area contributed by atoms with E-state index >= 15 is 0 Å². The van der Waals surface area contributed by atoms with E-state index in [2.05, 4.69) is 15.5 Å². The number of carbonyl (C=O) groups excluding carboxylic acids is 1. The Morgan fingerprint density at radius 3 is 3.05 bits per heavy atom. The van der Waals surface area contributed by atoms with Gasteiger partial charge in [-0.2, -0.15) is 0 Å². The van der Waals surface area contributed by atoms with Gasteiger partial charge in [0, 0.05) is 24.8 Å². The Balaban J connectivity index is 1.64. The van der Waals surface area contributed by atoms with E-state index in [-0.39, 0.29) is 17.9 Å². The van der Waals surface area contributed by atoms with Crippen LogP contribution in [0.1, 0.15) is 34.6 Å². The molecule has 1 saturated heterocycles. The predicted molar refractivity (Wildman–Crippen MR) is 76.4 cm³/mol. The lowest BCUT2D eigenvalue weighted by atomic mass is 9.98. The Hall–Kier alpha value is -2.15. The number of aryl methyl sites for hydroxylation is 2. The molecule has 0 spiro atoms. The molecule has 2 unspecified atom stereocenters. The molecular formula is C15H19N3O4. The third kappa shape index (κ3) is 3.04. The molecule has 1 aliphatic heterocycles. The maximum Gasteiger partial charge on any atom is 0.273 e. The molecule has 1 N–H and O–H groups in total. The fourth-order valence-electron chi connectivity index (χ4n) is 2.67. The highest BCUT2D eigenvalue weighted by Gasteiger charge is 2.32. The second-order valence-electron chi connectivity index (χ2n) is 5.49. The van der Waals surface area contributed by atoms with Crippen molar-refractivity contribution in [1.29, 1.82) is 0 Å². The summed E-state index contributed by atoms with van der Waals surface area (Å²) in [5, 5.41) is 6.87. The largest absolute Gasteiger partial charge is 0.448 e. The molecule has 0 aliphatic carbocycles. The van der Waals surface area contributed by atoms with Gasteiger partial charge in [-0.05, 0) is 6.92 Å². The first kappa shape index (κ1) is 14.8. The third-order valence-electron chi connectivity index (χ3n) is 3.83. The van der Waals surface area contributed by atoms with E-state index in [1.54, 1.807) is 0 Å². The Labute approximate surface area is 128 Å². The minimum absolute atomic E-state index is 0.0701. The van der Waals surface area contributed by atoms with Crippen LogP contribution in [-0.4, -0.2) is 35.3 Å². The zero-order valence-corrected chi connectivity index (χ0v) is 12.7. The van der Waals surface area contributed by atoms with Crippen LogP contribution in [0, 0.1) is 12.8 Å². The van der Waals surface area contributed by atoms with Crippen molar-refractivity contribution in [3.63, 3.8) is 0 Å². The fourth-order valence-corrected chi connectivity index (χ4v) is 2.67. The number of ether oxygens (including phenoxy) is 1. The molecule has 0 bridgehead atoms. The molecular weight excluding hydrogens is 286 g/mol.